The Morgan fingerprint density at radius 2 is 2.04 bits per heavy atom. The zero-order chi connectivity index (χ0) is 18.3. The minimum atomic E-state index is -0.344. The average molecular weight is 357 g/mol. The van der Waals surface area contributed by atoms with Crippen molar-refractivity contribution in [2.24, 2.45) is 5.92 Å². The van der Waals surface area contributed by atoms with Crippen LogP contribution in [0.2, 0.25) is 0 Å². The van der Waals surface area contributed by atoms with E-state index in [1.807, 2.05) is 0 Å². The van der Waals surface area contributed by atoms with Crippen LogP contribution in [0.1, 0.15) is 30.4 Å². The molecule has 0 unspecified atom stereocenters. The molecule has 1 aliphatic carbocycles. The Bertz CT molecular complexity index is 861. The lowest BCUT2D eigenvalue weighted by molar-refractivity contribution is -0.127. The van der Waals surface area contributed by atoms with Gasteiger partial charge in [0.15, 0.2) is 0 Å². The van der Waals surface area contributed by atoms with Crippen LogP contribution < -0.4 is 10.1 Å². The third-order valence-electron chi connectivity index (χ3n) is 5.31. The molecule has 5 heteroatoms. The van der Waals surface area contributed by atoms with Crippen molar-refractivity contribution in [2.45, 2.75) is 38.7 Å². The summed E-state index contributed by atoms with van der Waals surface area (Å²) in [4.78, 5) is 12.0. The van der Waals surface area contributed by atoms with Crippen molar-refractivity contribution in [2.75, 3.05) is 6.54 Å². The Morgan fingerprint density at radius 3 is 2.73 bits per heavy atom. The van der Waals surface area contributed by atoms with Crippen LogP contribution in [0.25, 0.3) is 11.1 Å². The lowest BCUT2D eigenvalue weighted by atomic mass is 9.85. The summed E-state index contributed by atoms with van der Waals surface area (Å²) >= 11 is 0. The first kappa shape index (κ1) is 17.0. The van der Waals surface area contributed by atoms with E-state index in [0.29, 0.717) is 29.8 Å². The number of amides is 1. The maximum Gasteiger partial charge on any atom is 0.223 e. The maximum absolute atomic E-state index is 14.1. The number of ether oxygens (including phenoxy) is 1. The van der Waals surface area contributed by atoms with Gasteiger partial charge in [0.2, 0.25) is 5.91 Å². The fraction of sp³-hybridized carbons (Fsp3) is 0.381. The molecule has 1 aliphatic heterocycles. The number of benzene rings is 2. The zero-order valence-corrected chi connectivity index (χ0v) is 14.6. The summed E-state index contributed by atoms with van der Waals surface area (Å²) in [6, 6.07) is 7.60. The summed E-state index contributed by atoms with van der Waals surface area (Å²) < 4.78 is 33.7. The largest absolute Gasteiger partial charge is 0.487 e. The minimum absolute atomic E-state index is 0.0800. The van der Waals surface area contributed by atoms with Crippen LogP contribution in [0.4, 0.5) is 8.78 Å². The third-order valence-corrected chi connectivity index (χ3v) is 5.31. The van der Waals surface area contributed by atoms with Crippen LogP contribution in [0.15, 0.2) is 30.3 Å². The van der Waals surface area contributed by atoms with Crippen molar-refractivity contribution < 1.29 is 18.3 Å². The predicted octanol–water partition coefficient (Wildman–Crippen LogP) is 4.16. The van der Waals surface area contributed by atoms with E-state index in [9.17, 15) is 13.6 Å². The number of carbonyl (C=O) groups is 1. The number of hydrogen-bond acceptors (Lipinski definition) is 2. The normalized spacial score (nSPS) is 18.8. The smallest absolute Gasteiger partial charge is 0.223 e. The molecular formula is C21H21F2NO2. The van der Waals surface area contributed by atoms with Gasteiger partial charge in [-0.05, 0) is 55.2 Å². The lowest BCUT2D eigenvalue weighted by Gasteiger charge is -2.24. The summed E-state index contributed by atoms with van der Waals surface area (Å²) in [5.74, 6) is 0.202. The maximum atomic E-state index is 14.1. The molecule has 1 fully saturated rings. The molecule has 0 saturated heterocycles. The highest BCUT2D eigenvalue weighted by Gasteiger charge is 2.29. The van der Waals surface area contributed by atoms with E-state index in [2.05, 4.69) is 5.32 Å². The number of rotatable bonds is 4. The van der Waals surface area contributed by atoms with Gasteiger partial charge in [0, 0.05) is 23.5 Å². The molecule has 4 rings (SSSR count). The number of hydrogen-bond donors (Lipinski definition) is 1. The fourth-order valence-corrected chi connectivity index (χ4v) is 3.56. The number of aryl methyl sites for hydroxylation is 1. The summed E-state index contributed by atoms with van der Waals surface area (Å²) in [6.45, 7) is 2.09. The summed E-state index contributed by atoms with van der Waals surface area (Å²) in [5.41, 5.74) is 2.63. The molecule has 1 amide bonds. The first-order valence-corrected chi connectivity index (χ1v) is 9.04. The Kier molecular flexibility index (Phi) is 4.39. The van der Waals surface area contributed by atoms with E-state index in [4.69, 9.17) is 4.74 Å². The second-order valence-electron chi connectivity index (χ2n) is 7.22. The molecule has 3 nitrogen and oxygen atoms in total. The lowest BCUT2D eigenvalue weighted by Crippen LogP contribution is -2.40. The topological polar surface area (TPSA) is 38.3 Å². The zero-order valence-electron chi connectivity index (χ0n) is 14.6. The van der Waals surface area contributed by atoms with Gasteiger partial charge < -0.3 is 10.1 Å². The van der Waals surface area contributed by atoms with Gasteiger partial charge in [-0.1, -0.05) is 12.5 Å². The molecular weight excluding hydrogens is 336 g/mol. The van der Waals surface area contributed by atoms with Crippen molar-refractivity contribution in [1.82, 2.24) is 5.32 Å². The molecule has 0 spiro atoms. The molecule has 2 aromatic carbocycles. The number of carbonyl (C=O) groups excluding carboxylic acids is 1. The molecule has 1 saturated carbocycles. The summed E-state index contributed by atoms with van der Waals surface area (Å²) in [7, 11) is 0. The van der Waals surface area contributed by atoms with Crippen molar-refractivity contribution in [3.8, 4) is 16.9 Å². The predicted molar refractivity (Wildman–Crippen MR) is 95.0 cm³/mol. The molecule has 0 bridgehead atoms. The summed E-state index contributed by atoms with van der Waals surface area (Å²) in [5, 5.41) is 2.94. The summed E-state index contributed by atoms with van der Waals surface area (Å²) in [6.07, 6.45) is 3.36. The highest BCUT2D eigenvalue weighted by Crippen LogP contribution is 2.40. The van der Waals surface area contributed by atoms with Crippen LogP contribution in [-0.2, 0) is 11.2 Å². The van der Waals surface area contributed by atoms with Gasteiger partial charge in [-0.15, -0.1) is 0 Å². The van der Waals surface area contributed by atoms with Gasteiger partial charge >= 0.3 is 0 Å². The molecule has 1 atom stereocenters. The fourth-order valence-electron chi connectivity index (χ4n) is 3.56. The van der Waals surface area contributed by atoms with Gasteiger partial charge in [-0.25, -0.2) is 8.78 Å². The highest BCUT2D eigenvalue weighted by atomic mass is 19.1. The van der Waals surface area contributed by atoms with Gasteiger partial charge in [-0.2, -0.15) is 0 Å². The van der Waals surface area contributed by atoms with Crippen molar-refractivity contribution in [3.05, 3.63) is 53.1 Å². The number of nitrogens with one attached hydrogen (secondary N) is 1. The quantitative estimate of drug-likeness (QED) is 0.892. The first-order valence-electron chi connectivity index (χ1n) is 9.04. The standard InChI is InChI=1S/C21H21F2NO2/c1-12-7-14(5-6-19(12)23)18-10-16(22)8-15-9-17(26-20(15)18)11-24-21(25)13-3-2-4-13/h5-8,10,13,17H,2-4,9,11H2,1H3,(H,24,25)/t17-/m1/s1. The molecule has 136 valence electrons. The minimum Gasteiger partial charge on any atom is -0.487 e. The van der Waals surface area contributed by atoms with E-state index >= 15 is 0 Å². The van der Waals surface area contributed by atoms with Gasteiger partial charge in [0.25, 0.3) is 0 Å². The molecule has 2 aliphatic rings. The Hall–Kier alpha value is -2.43. The molecule has 0 aromatic heterocycles. The molecule has 1 N–H and O–H groups in total. The van der Waals surface area contributed by atoms with E-state index < -0.39 is 0 Å². The van der Waals surface area contributed by atoms with Crippen LogP contribution in [-0.4, -0.2) is 18.6 Å². The van der Waals surface area contributed by atoms with Crippen LogP contribution in [0.5, 0.6) is 5.75 Å². The van der Waals surface area contributed by atoms with Crippen LogP contribution in [0, 0.1) is 24.5 Å². The van der Waals surface area contributed by atoms with E-state index in [1.165, 1.54) is 18.2 Å². The van der Waals surface area contributed by atoms with Gasteiger partial charge in [0.1, 0.15) is 23.5 Å². The first-order chi connectivity index (χ1) is 12.5. The van der Waals surface area contributed by atoms with Crippen molar-refractivity contribution in [1.29, 1.82) is 0 Å². The second kappa shape index (κ2) is 6.71. The molecule has 0 radical (unpaired) electrons. The van der Waals surface area contributed by atoms with Crippen molar-refractivity contribution >= 4 is 5.91 Å². The van der Waals surface area contributed by atoms with E-state index in [1.54, 1.807) is 19.1 Å². The van der Waals surface area contributed by atoms with E-state index in [0.717, 1.165) is 30.4 Å². The molecule has 26 heavy (non-hydrogen) atoms. The van der Waals surface area contributed by atoms with Crippen LogP contribution >= 0.6 is 0 Å². The highest BCUT2D eigenvalue weighted by molar-refractivity contribution is 5.79. The third kappa shape index (κ3) is 3.18. The number of fused-ring (bicyclic) bond motifs is 1. The van der Waals surface area contributed by atoms with Gasteiger partial charge in [0.05, 0.1) is 6.54 Å². The Labute approximate surface area is 151 Å². The van der Waals surface area contributed by atoms with Gasteiger partial charge in [-0.3, -0.25) is 4.79 Å². The molecule has 2 aromatic rings. The number of halogens is 2. The van der Waals surface area contributed by atoms with Crippen molar-refractivity contribution in [3.63, 3.8) is 0 Å². The SMILES string of the molecule is Cc1cc(-c2cc(F)cc3c2O[C@@H](CNC(=O)C2CCC2)C3)ccc1F. The monoisotopic (exact) mass is 357 g/mol. The average Bonchev–Trinajstić information content (AvgIpc) is 2.96. The van der Waals surface area contributed by atoms with Crippen LogP contribution in [0.3, 0.4) is 0 Å². The second-order valence-corrected chi connectivity index (χ2v) is 7.22. The molecule has 1 heterocycles. The Morgan fingerprint density at radius 1 is 1.23 bits per heavy atom. The Balaban J connectivity index is 1.53. The van der Waals surface area contributed by atoms with E-state index in [-0.39, 0.29) is 29.6 Å².